The van der Waals surface area contributed by atoms with Gasteiger partial charge in [-0.1, -0.05) is 19.9 Å². The van der Waals surface area contributed by atoms with Gasteiger partial charge in [0.05, 0.1) is 13.2 Å². The summed E-state index contributed by atoms with van der Waals surface area (Å²) in [7, 11) is 1.34. The molecule has 7 heteroatoms. The average Bonchev–Trinajstić information content (AvgIpc) is 2.43. The maximum Gasteiger partial charge on any atom is 0.422 e. The second-order valence-electron chi connectivity index (χ2n) is 5.20. The topological polar surface area (TPSA) is 47.6 Å². The first kappa shape index (κ1) is 18.1. The van der Waals surface area contributed by atoms with Crippen LogP contribution < -0.4 is 14.8 Å². The molecule has 1 N–H and O–H groups in total. The highest BCUT2D eigenvalue weighted by atomic mass is 19.4. The van der Waals surface area contributed by atoms with E-state index in [2.05, 4.69) is 5.32 Å². The predicted octanol–water partition coefficient (Wildman–Crippen LogP) is 3.47. The predicted molar refractivity (Wildman–Crippen MR) is 75.9 cm³/mol. The molecule has 1 aromatic carbocycles. The van der Waals surface area contributed by atoms with Gasteiger partial charge in [0.15, 0.2) is 18.1 Å². The number of carbonyl (C=O) groups is 1. The molecule has 0 radical (unpaired) electrons. The number of alkyl halides is 3. The molecule has 0 fully saturated rings. The second-order valence-corrected chi connectivity index (χ2v) is 5.20. The van der Waals surface area contributed by atoms with E-state index in [9.17, 15) is 18.0 Å². The van der Waals surface area contributed by atoms with Crippen LogP contribution in [-0.2, 0) is 4.79 Å². The van der Waals surface area contributed by atoms with Crippen LogP contribution >= 0.6 is 0 Å². The summed E-state index contributed by atoms with van der Waals surface area (Å²) in [6.07, 6.45) is -4.41. The molecule has 4 nitrogen and oxygen atoms in total. The van der Waals surface area contributed by atoms with Crippen LogP contribution in [0.2, 0.25) is 0 Å². The molecule has 0 saturated carbocycles. The van der Waals surface area contributed by atoms with Gasteiger partial charge in [0.2, 0.25) is 5.91 Å². The van der Waals surface area contributed by atoms with Crippen LogP contribution in [0.4, 0.5) is 13.2 Å². The zero-order valence-electron chi connectivity index (χ0n) is 13.0. The van der Waals surface area contributed by atoms with E-state index in [0.717, 1.165) is 0 Å². The van der Waals surface area contributed by atoms with Crippen molar-refractivity contribution in [3.05, 3.63) is 23.8 Å². The van der Waals surface area contributed by atoms with Crippen LogP contribution in [0, 0.1) is 5.92 Å². The van der Waals surface area contributed by atoms with Gasteiger partial charge in [0.1, 0.15) is 0 Å². The van der Waals surface area contributed by atoms with Crippen molar-refractivity contribution in [3.8, 4) is 11.5 Å². The fraction of sp³-hybridized carbons (Fsp3) is 0.533. The van der Waals surface area contributed by atoms with Gasteiger partial charge in [-0.15, -0.1) is 0 Å². The SMILES string of the molecule is COc1cc([C@@H](C)NC(=O)C(C)C)ccc1OCC(F)(F)F. The molecule has 1 rings (SSSR count). The molecular formula is C15H20F3NO3. The first-order valence-electron chi connectivity index (χ1n) is 6.82. The van der Waals surface area contributed by atoms with Crippen LogP contribution in [0.1, 0.15) is 32.4 Å². The number of carbonyl (C=O) groups excluding carboxylic acids is 1. The van der Waals surface area contributed by atoms with Crippen LogP contribution in [0.3, 0.4) is 0 Å². The molecule has 0 bridgehead atoms. The molecule has 0 saturated heterocycles. The number of benzene rings is 1. The zero-order chi connectivity index (χ0) is 16.9. The monoisotopic (exact) mass is 319 g/mol. The zero-order valence-corrected chi connectivity index (χ0v) is 13.0. The summed E-state index contributed by atoms with van der Waals surface area (Å²) in [6.45, 7) is 3.95. The minimum Gasteiger partial charge on any atom is -0.493 e. The van der Waals surface area contributed by atoms with Gasteiger partial charge in [-0.25, -0.2) is 0 Å². The van der Waals surface area contributed by atoms with Crippen molar-refractivity contribution >= 4 is 5.91 Å². The maximum atomic E-state index is 12.2. The van der Waals surface area contributed by atoms with Gasteiger partial charge >= 0.3 is 6.18 Å². The normalized spacial score (nSPS) is 12.9. The molecule has 0 unspecified atom stereocenters. The Morgan fingerprint density at radius 2 is 1.86 bits per heavy atom. The Morgan fingerprint density at radius 1 is 1.23 bits per heavy atom. The molecule has 0 aliphatic carbocycles. The lowest BCUT2D eigenvalue weighted by atomic mass is 10.1. The van der Waals surface area contributed by atoms with E-state index in [1.807, 2.05) is 0 Å². The molecule has 1 aromatic rings. The lowest BCUT2D eigenvalue weighted by Crippen LogP contribution is -2.30. The van der Waals surface area contributed by atoms with Crippen LogP contribution in [0.25, 0.3) is 0 Å². The summed E-state index contributed by atoms with van der Waals surface area (Å²) < 4.78 is 46.3. The van der Waals surface area contributed by atoms with Crippen LogP contribution in [0.5, 0.6) is 11.5 Å². The first-order valence-corrected chi connectivity index (χ1v) is 6.82. The number of hydrogen-bond acceptors (Lipinski definition) is 3. The number of rotatable bonds is 6. The third-order valence-corrected chi connectivity index (χ3v) is 2.96. The number of ether oxygens (including phenoxy) is 2. The summed E-state index contributed by atoms with van der Waals surface area (Å²) >= 11 is 0. The van der Waals surface area contributed by atoms with E-state index < -0.39 is 12.8 Å². The highest BCUT2D eigenvalue weighted by Gasteiger charge is 2.29. The Morgan fingerprint density at radius 3 is 2.36 bits per heavy atom. The van der Waals surface area contributed by atoms with Crippen molar-refractivity contribution in [2.24, 2.45) is 5.92 Å². The molecule has 1 atom stereocenters. The third kappa shape index (κ3) is 5.46. The largest absolute Gasteiger partial charge is 0.493 e. The fourth-order valence-electron chi connectivity index (χ4n) is 1.70. The Labute approximate surface area is 127 Å². The molecular weight excluding hydrogens is 299 g/mol. The molecule has 0 spiro atoms. The van der Waals surface area contributed by atoms with E-state index in [1.54, 1.807) is 32.9 Å². The van der Waals surface area contributed by atoms with E-state index in [-0.39, 0.29) is 29.4 Å². The van der Waals surface area contributed by atoms with Gasteiger partial charge in [-0.05, 0) is 24.6 Å². The smallest absolute Gasteiger partial charge is 0.422 e. The number of halogens is 3. The lowest BCUT2D eigenvalue weighted by Gasteiger charge is -2.18. The van der Waals surface area contributed by atoms with Crippen molar-refractivity contribution in [3.63, 3.8) is 0 Å². The minimum absolute atomic E-state index is 0.00552. The quantitative estimate of drug-likeness (QED) is 0.873. The Balaban J connectivity index is 2.85. The van der Waals surface area contributed by atoms with Gasteiger partial charge in [-0.2, -0.15) is 13.2 Å². The third-order valence-electron chi connectivity index (χ3n) is 2.96. The maximum absolute atomic E-state index is 12.2. The molecule has 0 heterocycles. The van der Waals surface area contributed by atoms with Crippen molar-refractivity contribution in [1.29, 1.82) is 0 Å². The lowest BCUT2D eigenvalue weighted by molar-refractivity contribution is -0.153. The molecule has 0 aliphatic rings. The van der Waals surface area contributed by atoms with E-state index in [0.29, 0.717) is 5.56 Å². The van der Waals surface area contributed by atoms with E-state index in [1.165, 1.54) is 13.2 Å². The highest BCUT2D eigenvalue weighted by Crippen LogP contribution is 2.31. The van der Waals surface area contributed by atoms with Crippen LogP contribution in [-0.4, -0.2) is 25.8 Å². The molecule has 22 heavy (non-hydrogen) atoms. The summed E-state index contributed by atoms with van der Waals surface area (Å²) in [4.78, 5) is 11.7. The molecule has 1 amide bonds. The number of amides is 1. The highest BCUT2D eigenvalue weighted by molar-refractivity contribution is 5.78. The minimum atomic E-state index is -4.41. The van der Waals surface area contributed by atoms with E-state index in [4.69, 9.17) is 9.47 Å². The number of methoxy groups -OCH3 is 1. The summed E-state index contributed by atoms with van der Waals surface area (Å²) in [5.74, 6) is -0.0686. The summed E-state index contributed by atoms with van der Waals surface area (Å²) in [5.41, 5.74) is 0.713. The standard InChI is InChI=1S/C15H20F3NO3/c1-9(2)14(20)19-10(3)11-5-6-12(13(7-11)21-4)22-8-15(16,17)18/h5-7,9-10H,8H2,1-4H3,(H,19,20)/t10-/m1/s1. The van der Waals surface area contributed by atoms with Crippen molar-refractivity contribution in [2.45, 2.75) is 33.0 Å². The van der Waals surface area contributed by atoms with Crippen LogP contribution in [0.15, 0.2) is 18.2 Å². The Kier molecular flexibility index (Phi) is 6.08. The second kappa shape index (κ2) is 7.38. The van der Waals surface area contributed by atoms with Crippen molar-refractivity contribution in [2.75, 3.05) is 13.7 Å². The fourth-order valence-corrected chi connectivity index (χ4v) is 1.70. The van der Waals surface area contributed by atoms with E-state index >= 15 is 0 Å². The van der Waals surface area contributed by atoms with Gasteiger partial charge in [-0.3, -0.25) is 4.79 Å². The number of nitrogens with one attached hydrogen (secondary N) is 1. The summed E-state index contributed by atoms with van der Waals surface area (Å²) in [5, 5.41) is 2.81. The van der Waals surface area contributed by atoms with Crippen molar-refractivity contribution in [1.82, 2.24) is 5.32 Å². The average molecular weight is 319 g/mol. The molecule has 0 aromatic heterocycles. The van der Waals surface area contributed by atoms with Gasteiger partial charge in [0, 0.05) is 5.92 Å². The number of hydrogen-bond donors (Lipinski definition) is 1. The summed E-state index contributed by atoms with van der Waals surface area (Å²) in [6, 6.07) is 4.26. The van der Waals surface area contributed by atoms with Gasteiger partial charge < -0.3 is 14.8 Å². The molecule has 124 valence electrons. The Hall–Kier alpha value is -1.92. The first-order chi connectivity index (χ1) is 10.1. The Bertz CT molecular complexity index is 515. The van der Waals surface area contributed by atoms with Crippen molar-refractivity contribution < 1.29 is 27.4 Å². The van der Waals surface area contributed by atoms with Gasteiger partial charge in [0.25, 0.3) is 0 Å². The molecule has 0 aliphatic heterocycles.